The molecule has 5 rings (SSSR count). The predicted octanol–water partition coefficient (Wildman–Crippen LogP) is 12.4. The molecule has 0 amide bonds. The van der Waals surface area contributed by atoms with Gasteiger partial charge in [0.05, 0.1) is 12.7 Å². The lowest BCUT2D eigenvalue weighted by atomic mass is 9.99. The van der Waals surface area contributed by atoms with Crippen LogP contribution in [0.4, 0.5) is 52.7 Å². The van der Waals surface area contributed by atoms with Crippen molar-refractivity contribution in [2.24, 2.45) is 0 Å². The first kappa shape index (κ1) is 44.4. The van der Waals surface area contributed by atoms with Gasteiger partial charge in [-0.15, -0.1) is 0 Å². The Bertz CT molecular complexity index is 2390. The van der Waals surface area contributed by atoms with Crippen LogP contribution in [0.25, 0.3) is 0 Å². The van der Waals surface area contributed by atoms with Crippen LogP contribution in [0.15, 0.2) is 146 Å². The molecule has 5 aromatic rings. The topological polar surface area (TPSA) is 69.7 Å². The molecular formula is C38H26F12O5S3. The Morgan fingerprint density at radius 3 is 1.69 bits per heavy atom. The molecule has 0 heterocycles. The van der Waals surface area contributed by atoms with Crippen molar-refractivity contribution in [3.63, 3.8) is 0 Å². The van der Waals surface area contributed by atoms with E-state index >= 15 is 8.78 Å². The molecule has 0 N–H and O–H groups in total. The number of alkyl halides is 12. The Morgan fingerprint density at radius 2 is 1.16 bits per heavy atom. The fourth-order valence-electron chi connectivity index (χ4n) is 5.50. The number of carbonyl (C=O) groups is 1. The summed E-state index contributed by atoms with van der Waals surface area (Å²) in [4.78, 5) is 11.3. The molecular weight excluding hydrogens is 861 g/mol. The van der Waals surface area contributed by atoms with Crippen molar-refractivity contribution in [3.05, 3.63) is 144 Å². The minimum absolute atomic E-state index is 0.0588. The highest BCUT2D eigenvalue weighted by Gasteiger charge is 2.86. The summed E-state index contributed by atoms with van der Waals surface area (Å²) < 4.78 is 208. The van der Waals surface area contributed by atoms with Crippen molar-refractivity contribution in [2.45, 2.75) is 60.9 Å². The van der Waals surface area contributed by atoms with Gasteiger partial charge in [-0.25, -0.2) is 3.63 Å². The van der Waals surface area contributed by atoms with E-state index in [0.717, 1.165) is 79.5 Å². The van der Waals surface area contributed by atoms with E-state index in [-0.39, 0.29) is 16.2 Å². The zero-order valence-electron chi connectivity index (χ0n) is 29.3. The third kappa shape index (κ3) is 7.90. The van der Waals surface area contributed by atoms with Crippen LogP contribution in [0, 0.1) is 6.92 Å². The number of ketones is 1. The van der Waals surface area contributed by atoms with Crippen LogP contribution in [0.3, 0.4) is 0 Å². The van der Waals surface area contributed by atoms with Gasteiger partial charge in [0.2, 0.25) is 0 Å². The standard InChI is InChI=1S/C38H26F12O5S3/c1-23-9-8-13-30(32(23)33(51)24-10-4-3-5-11-24)56-26-17-21-28(22-18-26)57(27-19-15-25(54-2)16-20-27,31-14-7-6-12-29(31)34(39,40)41)55-58(52,53)38(49,50)36(44,45)35(42,43)37(46,47)48/h3-22H,1-2H3. The fourth-order valence-corrected chi connectivity index (χ4v) is 11.9. The van der Waals surface area contributed by atoms with Crippen molar-refractivity contribution in [1.29, 1.82) is 0 Å². The minimum Gasteiger partial charge on any atom is -0.497 e. The molecule has 0 aromatic heterocycles. The van der Waals surface area contributed by atoms with E-state index in [9.17, 15) is 57.1 Å². The molecule has 0 saturated heterocycles. The summed E-state index contributed by atoms with van der Waals surface area (Å²) in [6, 6.07) is 23.1. The van der Waals surface area contributed by atoms with Crippen LogP contribution >= 0.6 is 22.1 Å². The lowest BCUT2D eigenvalue weighted by Gasteiger charge is -2.42. The molecule has 58 heavy (non-hydrogen) atoms. The van der Waals surface area contributed by atoms with Crippen molar-refractivity contribution in [1.82, 2.24) is 0 Å². The lowest BCUT2D eigenvalue weighted by Crippen LogP contribution is -2.63. The number of ether oxygens (including phenoxy) is 1. The van der Waals surface area contributed by atoms with Crippen molar-refractivity contribution >= 4 is 38.0 Å². The van der Waals surface area contributed by atoms with Crippen LogP contribution in [0.5, 0.6) is 5.75 Å². The quantitative estimate of drug-likeness (QED) is 0.0866. The van der Waals surface area contributed by atoms with Gasteiger partial charge in [0.1, 0.15) is 5.75 Å². The van der Waals surface area contributed by atoms with Crippen LogP contribution in [-0.4, -0.2) is 44.6 Å². The van der Waals surface area contributed by atoms with Crippen LogP contribution in [0.1, 0.15) is 27.0 Å². The highest BCUT2D eigenvalue weighted by molar-refractivity contribution is 8.33. The minimum atomic E-state index is -7.81. The molecule has 0 aliphatic carbocycles. The first-order chi connectivity index (χ1) is 26.8. The maximum atomic E-state index is 15.4. The SMILES string of the molecule is COc1ccc(S(OS(=O)(=O)C(F)(F)C(F)(F)C(F)(F)C(F)(F)F)(c2ccc(Sc3cccc(C)c3C(=O)c3ccccc3)cc2)c2ccccc2C(F)(F)F)cc1. The number of rotatable bonds is 13. The zero-order valence-corrected chi connectivity index (χ0v) is 31.8. The number of hydrogen-bond donors (Lipinski definition) is 0. The summed E-state index contributed by atoms with van der Waals surface area (Å²) >= 11 is 0.924. The second-order valence-corrected chi connectivity index (χ2v) is 17.7. The maximum absolute atomic E-state index is 15.4. The van der Waals surface area contributed by atoms with E-state index in [1.54, 1.807) is 55.5 Å². The van der Waals surface area contributed by atoms with E-state index in [2.05, 4.69) is 0 Å². The zero-order chi connectivity index (χ0) is 43.1. The van der Waals surface area contributed by atoms with E-state index in [0.29, 0.717) is 28.2 Å². The number of halogens is 12. The third-order valence-electron chi connectivity index (χ3n) is 8.40. The van der Waals surface area contributed by atoms with E-state index in [1.807, 2.05) is 0 Å². The molecule has 1 unspecified atom stereocenters. The summed E-state index contributed by atoms with van der Waals surface area (Å²) in [5.41, 5.74) is -0.670. The number of aryl methyl sites for hydroxylation is 1. The van der Waals surface area contributed by atoms with Gasteiger partial charge in [-0.3, -0.25) is 4.79 Å². The maximum Gasteiger partial charge on any atom is 0.460 e. The molecule has 0 spiro atoms. The number of methoxy groups -OCH3 is 1. The fraction of sp³-hybridized carbons (Fsp3) is 0.184. The second-order valence-electron chi connectivity index (χ2n) is 12.1. The van der Waals surface area contributed by atoms with Gasteiger partial charge in [-0.2, -0.15) is 61.1 Å². The summed E-state index contributed by atoms with van der Waals surface area (Å²) in [6.45, 7) is 1.65. The van der Waals surface area contributed by atoms with Gasteiger partial charge in [-0.1, -0.05) is 66.4 Å². The van der Waals surface area contributed by atoms with E-state index < -0.39 is 75.9 Å². The normalized spacial score (nSPS) is 14.7. The summed E-state index contributed by atoms with van der Waals surface area (Å²) in [6.07, 6.45) is -12.9. The molecule has 20 heteroatoms. The van der Waals surface area contributed by atoms with Crippen molar-refractivity contribution in [3.8, 4) is 5.75 Å². The molecule has 5 nitrogen and oxygen atoms in total. The van der Waals surface area contributed by atoms with Gasteiger partial charge in [-0.05, 0) is 89.5 Å². The molecule has 0 fully saturated rings. The summed E-state index contributed by atoms with van der Waals surface area (Å²) in [5, 5.41) is -7.43. The third-order valence-corrected chi connectivity index (χ3v) is 14.7. The molecule has 310 valence electrons. The second kappa shape index (κ2) is 15.8. The Morgan fingerprint density at radius 1 is 0.621 bits per heavy atom. The van der Waals surface area contributed by atoms with E-state index in [1.165, 1.54) is 0 Å². The number of benzene rings is 5. The molecule has 1 atom stereocenters. The van der Waals surface area contributed by atoms with Gasteiger partial charge >= 0.3 is 39.6 Å². The van der Waals surface area contributed by atoms with Gasteiger partial charge in [0.15, 0.2) is 5.78 Å². The van der Waals surface area contributed by atoms with Crippen molar-refractivity contribution in [2.75, 3.05) is 7.11 Å². The predicted molar refractivity (Wildman–Crippen MR) is 189 cm³/mol. The van der Waals surface area contributed by atoms with Crippen molar-refractivity contribution < 1.29 is 74.3 Å². The Balaban J connectivity index is 1.77. The highest BCUT2D eigenvalue weighted by atomic mass is 32.3. The average Bonchev–Trinajstić information content (AvgIpc) is 3.16. The van der Waals surface area contributed by atoms with Crippen LogP contribution < -0.4 is 4.74 Å². The first-order valence-electron chi connectivity index (χ1n) is 16.1. The number of carbonyl (C=O) groups excluding carboxylic acids is 1. The molecule has 0 saturated carbocycles. The largest absolute Gasteiger partial charge is 0.497 e. The lowest BCUT2D eigenvalue weighted by molar-refractivity contribution is -0.382. The Kier molecular flexibility index (Phi) is 12.1. The van der Waals surface area contributed by atoms with Gasteiger partial charge < -0.3 is 4.74 Å². The Labute approximate surface area is 328 Å². The molecule has 0 bridgehead atoms. The first-order valence-corrected chi connectivity index (χ1v) is 19.9. The molecule has 0 radical (unpaired) electrons. The smallest absolute Gasteiger partial charge is 0.460 e. The van der Waals surface area contributed by atoms with Gasteiger partial charge in [0, 0.05) is 35.6 Å². The summed E-state index contributed by atoms with van der Waals surface area (Å²) in [7, 11) is -11.8. The highest BCUT2D eigenvalue weighted by Crippen LogP contribution is 2.73. The molecule has 0 aliphatic heterocycles. The molecule has 0 aliphatic rings. The van der Waals surface area contributed by atoms with Crippen LogP contribution in [-0.2, 0) is 19.9 Å². The van der Waals surface area contributed by atoms with E-state index in [4.69, 9.17) is 8.37 Å². The summed E-state index contributed by atoms with van der Waals surface area (Å²) in [5.74, 6) is -15.9. The van der Waals surface area contributed by atoms with Gasteiger partial charge in [0.25, 0.3) is 0 Å². The Hall–Kier alpha value is -4.66. The molecule has 5 aromatic carbocycles. The number of hydrogen-bond acceptors (Lipinski definition) is 6. The average molecular weight is 887 g/mol. The van der Waals surface area contributed by atoms with Crippen LogP contribution in [0.2, 0.25) is 0 Å². The monoisotopic (exact) mass is 886 g/mol.